The van der Waals surface area contributed by atoms with Crippen molar-refractivity contribution in [3.63, 3.8) is 0 Å². The standard InChI is InChI=1S/C17H30N4O/c1-6-15-14(11-19-21(15)17(2,3)4)16(22)20-9-7-8-13(12-20)10-18-5/h11,13,18H,6-10,12H2,1-5H3. The van der Waals surface area contributed by atoms with Crippen LogP contribution in [0.2, 0.25) is 0 Å². The fraction of sp³-hybridized carbons (Fsp3) is 0.765. The Labute approximate surface area is 134 Å². The van der Waals surface area contributed by atoms with Gasteiger partial charge in [-0.2, -0.15) is 5.10 Å². The van der Waals surface area contributed by atoms with Crippen molar-refractivity contribution in [2.45, 2.75) is 52.5 Å². The molecule has 0 radical (unpaired) electrons. The van der Waals surface area contributed by atoms with Gasteiger partial charge in [0.2, 0.25) is 0 Å². The Bertz CT molecular complexity index is 513. The molecule has 0 aliphatic carbocycles. The lowest BCUT2D eigenvalue weighted by molar-refractivity contribution is 0.0673. The number of hydrogen-bond acceptors (Lipinski definition) is 3. The van der Waals surface area contributed by atoms with Crippen LogP contribution in [0.15, 0.2) is 6.20 Å². The van der Waals surface area contributed by atoms with Crippen molar-refractivity contribution in [1.82, 2.24) is 20.0 Å². The van der Waals surface area contributed by atoms with Crippen LogP contribution >= 0.6 is 0 Å². The Morgan fingerprint density at radius 2 is 2.18 bits per heavy atom. The Kier molecular flexibility index (Phi) is 5.27. The summed E-state index contributed by atoms with van der Waals surface area (Å²) in [6.07, 6.45) is 4.87. The third kappa shape index (κ3) is 3.51. The van der Waals surface area contributed by atoms with Crippen LogP contribution < -0.4 is 5.32 Å². The smallest absolute Gasteiger partial charge is 0.257 e. The van der Waals surface area contributed by atoms with E-state index in [0.717, 1.165) is 43.7 Å². The molecule has 1 fully saturated rings. The Morgan fingerprint density at radius 1 is 1.45 bits per heavy atom. The maximum Gasteiger partial charge on any atom is 0.257 e. The fourth-order valence-corrected chi connectivity index (χ4v) is 3.35. The molecular weight excluding hydrogens is 276 g/mol. The van der Waals surface area contributed by atoms with Crippen LogP contribution in [-0.2, 0) is 12.0 Å². The summed E-state index contributed by atoms with van der Waals surface area (Å²) >= 11 is 0. The van der Waals surface area contributed by atoms with Crippen molar-refractivity contribution in [1.29, 1.82) is 0 Å². The number of hydrogen-bond donors (Lipinski definition) is 1. The van der Waals surface area contributed by atoms with Crippen molar-refractivity contribution in [2.75, 3.05) is 26.7 Å². The van der Waals surface area contributed by atoms with Gasteiger partial charge >= 0.3 is 0 Å². The molecule has 0 bridgehead atoms. The molecule has 1 aromatic heterocycles. The van der Waals surface area contributed by atoms with Gasteiger partial charge in [-0.25, -0.2) is 0 Å². The molecule has 1 aliphatic rings. The van der Waals surface area contributed by atoms with Gasteiger partial charge in [0.15, 0.2) is 0 Å². The molecule has 1 unspecified atom stereocenters. The molecule has 2 heterocycles. The molecule has 0 spiro atoms. The van der Waals surface area contributed by atoms with Crippen LogP contribution in [0.1, 0.15) is 56.6 Å². The second-order valence-electron chi connectivity index (χ2n) is 7.26. The summed E-state index contributed by atoms with van der Waals surface area (Å²) in [6.45, 7) is 11.2. The number of likely N-dealkylation sites (tertiary alicyclic amines) is 1. The topological polar surface area (TPSA) is 50.2 Å². The maximum atomic E-state index is 12.9. The van der Waals surface area contributed by atoms with Gasteiger partial charge in [0.05, 0.1) is 23.0 Å². The molecule has 0 aromatic carbocycles. The molecule has 1 atom stereocenters. The fourth-order valence-electron chi connectivity index (χ4n) is 3.35. The number of rotatable bonds is 4. The average molecular weight is 306 g/mol. The number of piperidine rings is 1. The number of carbonyl (C=O) groups excluding carboxylic acids is 1. The molecule has 2 rings (SSSR count). The van der Waals surface area contributed by atoms with Gasteiger partial charge in [0.1, 0.15) is 0 Å². The summed E-state index contributed by atoms with van der Waals surface area (Å²) in [5.74, 6) is 0.707. The Balaban J connectivity index is 2.21. The highest BCUT2D eigenvalue weighted by atomic mass is 16.2. The summed E-state index contributed by atoms with van der Waals surface area (Å²) in [5, 5.41) is 7.72. The lowest BCUT2D eigenvalue weighted by Gasteiger charge is -2.33. The minimum Gasteiger partial charge on any atom is -0.338 e. The molecular formula is C17H30N4O. The molecule has 5 heteroatoms. The predicted octanol–water partition coefficient (Wildman–Crippen LogP) is 2.27. The van der Waals surface area contributed by atoms with E-state index in [0.29, 0.717) is 5.92 Å². The first-order chi connectivity index (χ1) is 10.4. The van der Waals surface area contributed by atoms with Gasteiger partial charge in [0.25, 0.3) is 5.91 Å². The van der Waals surface area contributed by atoms with E-state index in [1.165, 1.54) is 6.42 Å². The third-order valence-electron chi connectivity index (χ3n) is 4.37. The van der Waals surface area contributed by atoms with E-state index < -0.39 is 0 Å². The van der Waals surface area contributed by atoms with E-state index in [1.54, 1.807) is 6.20 Å². The average Bonchev–Trinajstić information content (AvgIpc) is 2.91. The van der Waals surface area contributed by atoms with Crippen LogP contribution in [0.3, 0.4) is 0 Å². The van der Waals surface area contributed by atoms with E-state index >= 15 is 0 Å². The molecule has 1 amide bonds. The van der Waals surface area contributed by atoms with Gasteiger partial charge in [-0.05, 0) is 59.5 Å². The molecule has 1 aliphatic heterocycles. The zero-order chi connectivity index (χ0) is 16.3. The Morgan fingerprint density at radius 3 is 2.77 bits per heavy atom. The molecule has 1 saturated heterocycles. The lowest BCUT2D eigenvalue weighted by Crippen LogP contribution is -2.42. The van der Waals surface area contributed by atoms with Crippen LogP contribution in [0.4, 0.5) is 0 Å². The largest absolute Gasteiger partial charge is 0.338 e. The number of aromatic nitrogens is 2. The quantitative estimate of drug-likeness (QED) is 0.928. The first kappa shape index (κ1) is 17.0. The van der Waals surface area contributed by atoms with Crippen molar-refractivity contribution in [2.24, 2.45) is 5.92 Å². The monoisotopic (exact) mass is 306 g/mol. The summed E-state index contributed by atoms with van der Waals surface area (Å²) < 4.78 is 2.00. The molecule has 0 saturated carbocycles. The third-order valence-corrected chi connectivity index (χ3v) is 4.37. The minimum absolute atomic E-state index is 0.0968. The first-order valence-corrected chi connectivity index (χ1v) is 8.39. The van der Waals surface area contributed by atoms with E-state index in [9.17, 15) is 4.79 Å². The normalized spacial score (nSPS) is 19.5. The van der Waals surface area contributed by atoms with Gasteiger partial charge in [-0.3, -0.25) is 9.48 Å². The van der Waals surface area contributed by atoms with Crippen LogP contribution in [-0.4, -0.2) is 47.3 Å². The van der Waals surface area contributed by atoms with Crippen molar-refractivity contribution in [3.05, 3.63) is 17.5 Å². The lowest BCUT2D eigenvalue weighted by atomic mass is 9.97. The van der Waals surface area contributed by atoms with Crippen LogP contribution in [0.5, 0.6) is 0 Å². The van der Waals surface area contributed by atoms with Gasteiger partial charge in [0, 0.05) is 13.1 Å². The number of nitrogens with zero attached hydrogens (tertiary/aromatic N) is 3. The molecule has 22 heavy (non-hydrogen) atoms. The van der Waals surface area contributed by atoms with E-state index in [4.69, 9.17) is 0 Å². The van der Waals surface area contributed by atoms with Crippen LogP contribution in [0, 0.1) is 5.92 Å². The summed E-state index contributed by atoms with van der Waals surface area (Å²) in [5.41, 5.74) is 1.73. The zero-order valence-corrected chi connectivity index (χ0v) is 14.6. The zero-order valence-electron chi connectivity index (χ0n) is 14.6. The minimum atomic E-state index is -0.0968. The highest BCUT2D eigenvalue weighted by Crippen LogP contribution is 2.23. The highest BCUT2D eigenvalue weighted by Gasteiger charge is 2.28. The van der Waals surface area contributed by atoms with Crippen molar-refractivity contribution < 1.29 is 4.79 Å². The van der Waals surface area contributed by atoms with Gasteiger partial charge in [-0.15, -0.1) is 0 Å². The van der Waals surface area contributed by atoms with Crippen LogP contribution in [0.25, 0.3) is 0 Å². The van der Waals surface area contributed by atoms with Gasteiger partial charge in [-0.1, -0.05) is 6.92 Å². The van der Waals surface area contributed by atoms with E-state index in [-0.39, 0.29) is 11.4 Å². The predicted molar refractivity (Wildman–Crippen MR) is 89.2 cm³/mol. The Hall–Kier alpha value is -1.36. The molecule has 1 aromatic rings. The highest BCUT2D eigenvalue weighted by molar-refractivity contribution is 5.95. The number of amides is 1. The van der Waals surface area contributed by atoms with Gasteiger partial charge < -0.3 is 10.2 Å². The molecule has 5 nitrogen and oxygen atoms in total. The summed E-state index contributed by atoms with van der Waals surface area (Å²) in [6, 6.07) is 0. The van der Waals surface area contributed by atoms with Crippen molar-refractivity contribution in [3.8, 4) is 0 Å². The summed E-state index contributed by atoms with van der Waals surface area (Å²) in [7, 11) is 1.98. The molecule has 124 valence electrons. The molecule has 1 N–H and O–H groups in total. The second-order valence-corrected chi connectivity index (χ2v) is 7.26. The van der Waals surface area contributed by atoms with Crippen molar-refractivity contribution >= 4 is 5.91 Å². The maximum absolute atomic E-state index is 12.9. The number of carbonyl (C=O) groups is 1. The SMILES string of the molecule is CCc1c(C(=O)N2CCCC(CNC)C2)cnn1C(C)(C)C. The van der Waals surface area contributed by atoms with E-state index in [1.807, 2.05) is 16.6 Å². The van der Waals surface area contributed by atoms with E-state index in [2.05, 4.69) is 38.1 Å². The number of nitrogens with one attached hydrogen (secondary N) is 1. The first-order valence-electron chi connectivity index (χ1n) is 8.39. The second kappa shape index (κ2) is 6.82. The summed E-state index contributed by atoms with van der Waals surface area (Å²) in [4.78, 5) is 14.9.